The van der Waals surface area contributed by atoms with Crippen LogP contribution in [-0.4, -0.2) is 10.9 Å². The molecular weight excluding hydrogens is 186 g/mol. The first kappa shape index (κ1) is 11.8. The van der Waals surface area contributed by atoms with Crippen LogP contribution in [0.5, 0.6) is 0 Å². The van der Waals surface area contributed by atoms with Crippen LogP contribution in [0.1, 0.15) is 32.6 Å². The van der Waals surface area contributed by atoms with Gasteiger partial charge in [0.05, 0.1) is 0 Å². The van der Waals surface area contributed by atoms with Gasteiger partial charge < -0.3 is 9.36 Å². The van der Waals surface area contributed by atoms with E-state index in [-0.39, 0.29) is 0 Å². The molecule has 82 valence electrons. The smallest absolute Gasteiger partial charge is 0.120 e. The van der Waals surface area contributed by atoms with Gasteiger partial charge >= 0.3 is 0 Å². The molecule has 0 spiro atoms. The number of hydrogen-bond acceptors (Lipinski definition) is 1. The van der Waals surface area contributed by atoms with Crippen molar-refractivity contribution in [2.75, 3.05) is 0 Å². The summed E-state index contributed by atoms with van der Waals surface area (Å²) in [7, 11) is 0. The number of allylic oxidation sites excluding steroid dienone is 2. The molecule has 0 fully saturated rings. The van der Waals surface area contributed by atoms with Gasteiger partial charge in [-0.1, -0.05) is 11.6 Å². The fraction of sp³-hybridized carbons (Fsp3) is 0.462. The highest BCUT2D eigenvalue weighted by Crippen LogP contribution is 2.07. The van der Waals surface area contributed by atoms with Crippen LogP contribution in [0.2, 0.25) is 0 Å². The molecule has 0 N–H and O–H groups in total. The molecule has 0 aliphatic carbocycles. The molecule has 15 heavy (non-hydrogen) atoms. The second-order valence-electron chi connectivity index (χ2n) is 3.82. The lowest BCUT2D eigenvalue weighted by molar-refractivity contribution is -0.107. The third kappa shape index (κ3) is 5.21. The summed E-state index contributed by atoms with van der Waals surface area (Å²) >= 11 is 0. The van der Waals surface area contributed by atoms with Gasteiger partial charge in [0.25, 0.3) is 0 Å². The van der Waals surface area contributed by atoms with Gasteiger partial charge in [0.15, 0.2) is 0 Å². The second kappa shape index (κ2) is 7.04. The van der Waals surface area contributed by atoms with E-state index in [1.54, 1.807) is 0 Å². The quantitative estimate of drug-likeness (QED) is 0.380. The maximum Gasteiger partial charge on any atom is 0.120 e. The van der Waals surface area contributed by atoms with E-state index in [4.69, 9.17) is 0 Å². The molecule has 1 aromatic heterocycles. The lowest BCUT2D eigenvalue weighted by atomic mass is 10.1. The summed E-state index contributed by atoms with van der Waals surface area (Å²) < 4.78 is 2.18. The van der Waals surface area contributed by atoms with Gasteiger partial charge in [-0.15, -0.1) is 0 Å². The van der Waals surface area contributed by atoms with Crippen LogP contribution in [0.4, 0.5) is 0 Å². The Kier molecular flexibility index (Phi) is 5.52. The molecule has 0 aromatic carbocycles. The Morgan fingerprint density at radius 3 is 2.67 bits per heavy atom. The summed E-state index contributed by atoms with van der Waals surface area (Å²) in [5.74, 6) is 0. The molecule has 0 radical (unpaired) electrons. The summed E-state index contributed by atoms with van der Waals surface area (Å²) in [5.41, 5.74) is 1.39. The number of rotatable bonds is 7. The Morgan fingerprint density at radius 1 is 1.27 bits per heavy atom. The van der Waals surface area contributed by atoms with Crippen molar-refractivity contribution in [2.45, 2.75) is 39.2 Å². The van der Waals surface area contributed by atoms with Gasteiger partial charge in [0, 0.05) is 25.4 Å². The van der Waals surface area contributed by atoms with Crippen molar-refractivity contribution in [3.05, 3.63) is 36.2 Å². The molecule has 0 unspecified atom stereocenters. The number of carbonyl (C=O) groups is 1. The molecular formula is C13H19NO. The van der Waals surface area contributed by atoms with Crippen LogP contribution < -0.4 is 0 Å². The molecule has 1 aromatic rings. The van der Waals surface area contributed by atoms with E-state index in [9.17, 15) is 4.79 Å². The molecule has 0 saturated carbocycles. The van der Waals surface area contributed by atoms with Crippen molar-refractivity contribution in [3.63, 3.8) is 0 Å². The van der Waals surface area contributed by atoms with Gasteiger partial charge in [-0.3, -0.25) is 0 Å². The van der Waals surface area contributed by atoms with Crippen molar-refractivity contribution in [3.8, 4) is 0 Å². The van der Waals surface area contributed by atoms with E-state index in [0.29, 0.717) is 6.42 Å². The Labute approximate surface area is 91.6 Å². The third-order valence-corrected chi connectivity index (χ3v) is 2.44. The fourth-order valence-electron chi connectivity index (χ4n) is 1.55. The standard InChI is InChI=1S/C13H19NO/c1-13(7-2-5-12-15)8-6-11-14-9-3-4-10-14/h3-4,8-10,12H,2,5-7,11H2,1H3/b13-8+. The molecule has 0 aliphatic rings. The fourth-order valence-corrected chi connectivity index (χ4v) is 1.55. The normalized spacial score (nSPS) is 11.7. The topological polar surface area (TPSA) is 22.0 Å². The Hall–Kier alpha value is -1.31. The highest BCUT2D eigenvalue weighted by molar-refractivity contribution is 5.49. The van der Waals surface area contributed by atoms with Crippen molar-refractivity contribution in [2.24, 2.45) is 0 Å². The van der Waals surface area contributed by atoms with Crippen LogP contribution in [-0.2, 0) is 11.3 Å². The van der Waals surface area contributed by atoms with Gasteiger partial charge in [0.2, 0.25) is 0 Å². The monoisotopic (exact) mass is 205 g/mol. The summed E-state index contributed by atoms with van der Waals surface area (Å²) in [6.07, 6.45) is 11.2. The Morgan fingerprint density at radius 2 is 2.00 bits per heavy atom. The van der Waals surface area contributed by atoms with Crippen molar-refractivity contribution >= 4 is 6.29 Å². The minimum atomic E-state index is 0.683. The summed E-state index contributed by atoms with van der Waals surface area (Å²) in [5, 5.41) is 0. The maximum absolute atomic E-state index is 10.1. The van der Waals surface area contributed by atoms with Crippen molar-refractivity contribution in [1.29, 1.82) is 0 Å². The zero-order valence-electron chi connectivity index (χ0n) is 9.36. The first-order valence-corrected chi connectivity index (χ1v) is 5.53. The molecule has 2 heteroatoms. The lowest BCUT2D eigenvalue weighted by Crippen LogP contribution is -1.92. The van der Waals surface area contributed by atoms with E-state index < -0.39 is 0 Å². The minimum absolute atomic E-state index is 0.683. The number of aryl methyl sites for hydroxylation is 1. The third-order valence-electron chi connectivity index (χ3n) is 2.44. The van der Waals surface area contributed by atoms with E-state index in [0.717, 1.165) is 32.1 Å². The average molecular weight is 205 g/mol. The van der Waals surface area contributed by atoms with Gasteiger partial charge in [-0.05, 0) is 38.3 Å². The van der Waals surface area contributed by atoms with Crippen LogP contribution in [0.15, 0.2) is 36.2 Å². The Bertz CT molecular complexity index is 298. The SMILES string of the molecule is C/C(=C\CCn1cccc1)CCCC=O. The number of nitrogens with zero attached hydrogens (tertiary/aromatic N) is 1. The summed E-state index contributed by atoms with van der Waals surface area (Å²) in [4.78, 5) is 10.1. The molecule has 1 rings (SSSR count). The van der Waals surface area contributed by atoms with Gasteiger partial charge in [-0.25, -0.2) is 0 Å². The molecule has 2 nitrogen and oxygen atoms in total. The van der Waals surface area contributed by atoms with Crippen LogP contribution in [0.3, 0.4) is 0 Å². The number of hydrogen-bond donors (Lipinski definition) is 0. The zero-order valence-corrected chi connectivity index (χ0v) is 9.36. The Balaban J connectivity index is 2.16. The molecule has 0 bridgehead atoms. The van der Waals surface area contributed by atoms with Gasteiger partial charge in [-0.2, -0.15) is 0 Å². The van der Waals surface area contributed by atoms with Gasteiger partial charge in [0.1, 0.15) is 6.29 Å². The predicted molar refractivity (Wildman–Crippen MR) is 62.7 cm³/mol. The molecule has 0 aliphatic heterocycles. The number of aromatic nitrogens is 1. The first-order chi connectivity index (χ1) is 7.33. The molecule has 1 heterocycles. The number of aldehydes is 1. The molecule has 0 amide bonds. The minimum Gasteiger partial charge on any atom is -0.354 e. The first-order valence-electron chi connectivity index (χ1n) is 5.53. The van der Waals surface area contributed by atoms with E-state index in [1.807, 2.05) is 12.1 Å². The molecule has 0 saturated heterocycles. The largest absolute Gasteiger partial charge is 0.354 e. The predicted octanol–water partition coefficient (Wildman–Crippen LogP) is 3.19. The number of carbonyl (C=O) groups excluding carboxylic acids is 1. The maximum atomic E-state index is 10.1. The zero-order chi connectivity index (χ0) is 10.9. The van der Waals surface area contributed by atoms with E-state index >= 15 is 0 Å². The van der Waals surface area contributed by atoms with Crippen LogP contribution in [0.25, 0.3) is 0 Å². The van der Waals surface area contributed by atoms with Crippen LogP contribution in [0, 0.1) is 0 Å². The van der Waals surface area contributed by atoms with E-state index in [1.165, 1.54) is 5.57 Å². The average Bonchev–Trinajstić information content (AvgIpc) is 2.71. The highest BCUT2D eigenvalue weighted by atomic mass is 16.1. The highest BCUT2D eigenvalue weighted by Gasteiger charge is 1.91. The molecule has 0 atom stereocenters. The van der Waals surface area contributed by atoms with Crippen molar-refractivity contribution in [1.82, 2.24) is 4.57 Å². The lowest BCUT2D eigenvalue weighted by Gasteiger charge is -2.01. The summed E-state index contributed by atoms with van der Waals surface area (Å²) in [6, 6.07) is 4.08. The van der Waals surface area contributed by atoms with Crippen LogP contribution >= 0.6 is 0 Å². The van der Waals surface area contributed by atoms with Crippen molar-refractivity contribution < 1.29 is 4.79 Å². The second-order valence-corrected chi connectivity index (χ2v) is 3.82. The van der Waals surface area contributed by atoms with E-state index in [2.05, 4.69) is 30.0 Å². The number of unbranched alkanes of at least 4 members (excludes halogenated alkanes) is 1. The summed E-state index contributed by atoms with van der Waals surface area (Å²) in [6.45, 7) is 3.18.